The van der Waals surface area contributed by atoms with Gasteiger partial charge in [0.2, 0.25) is 11.2 Å². The highest BCUT2D eigenvalue weighted by Gasteiger charge is 2.46. The van der Waals surface area contributed by atoms with Crippen molar-refractivity contribution in [1.82, 2.24) is 25.1 Å². The smallest absolute Gasteiger partial charge is 0.340 e. The average Bonchev–Trinajstić information content (AvgIpc) is 3.77. The van der Waals surface area contributed by atoms with Crippen LogP contribution in [0.15, 0.2) is 6.20 Å². The third kappa shape index (κ3) is 12.7. The first-order valence-corrected chi connectivity index (χ1v) is 20.0. The Balaban J connectivity index is 1.25. The molecule has 1 saturated carbocycles. The van der Waals surface area contributed by atoms with Crippen LogP contribution in [-0.2, 0) is 42.1 Å². The highest BCUT2D eigenvalue weighted by Crippen LogP contribution is 2.55. The molecule has 0 radical (unpaired) electrons. The Kier molecular flexibility index (Phi) is 16.0. The van der Waals surface area contributed by atoms with Gasteiger partial charge in [-0.25, -0.2) is 4.68 Å². The molecule has 2 aliphatic rings. The maximum Gasteiger partial charge on any atom is 0.340 e. The molecular formula is C28H43ClN6O14P2. The number of ether oxygens (including phenoxy) is 5. The average molecular weight is 785 g/mol. The Labute approximate surface area is 298 Å². The Morgan fingerprint density at radius 3 is 2.35 bits per heavy atom. The Morgan fingerprint density at radius 2 is 1.69 bits per heavy atom. The molecule has 1 saturated heterocycles. The summed E-state index contributed by atoms with van der Waals surface area (Å²) in [6.07, 6.45) is 2.60. The lowest BCUT2D eigenvalue weighted by atomic mass is 10.0. The van der Waals surface area contributed by atoms with E-state index in [0.29, 0.717) is 71.0 Å². The third-order valence-corrected chi connectivity index (χ3v) is 11.5. The molecule has 23 heteroatoms. The largest absolute Gasteiger partial charge is 0.387 e. The Bertz CT molecular complexity index is 1580. The van der Waals surface area contributed by atoms with Gasteiger partial charge in [-0.3, -0.25) is 13.9 Å². The number of nitrogens with one attached hydrogen (secondary N) is 2. The lowest BCUT2D eigenvalue weighted by Crippen LogP contribution is -2.39. The van der Waals surface area contributed by atoms with Gasteiger partial charge in [-0.05, 0) is 24.4 Å². The van der Waals surface area contributed by atoms with Gasteiger partial charge in [-0.2, -0.15) is 15.1 Å². The summed E-state index contributed by atoms with van der Waals surface area (Å²) in [7, 11) is -9.62. The van der Waals surface area contributed by atoms with Gasteiger partial charge in [0.1, 0.15) is 30.7 Å². The number of carbonyl (C=O) groups is 1. The molecule has 286 valence electrons. The van der Waals surface area contributed by atoms with Crippen LogP contribution in [0.2, 0.25) is 5.28 Å². The number of aromatic nitrogens is 4. The van der Waals surface area contributed by atoms with Crippen molar-refractivity contribution in [3.8, 4) is 12.3 Å². The van der Waals surface area contributed by atoms with Gasteiger partial charge < -0.3 is 63.7 Å². The number of carbonyl (C=O) groups excluding carboxylic acids is 1. The number of aliphatic hydroxyl groups is 2. The summed E-state index contributed by atoms with van der Waals surface area (Å²) in [5.74, 6) is 0.685. The lowest BCUT2D eigenvalue weighted by molar-refractivity contribution is -0.125. The summed E-state index contributed by atoms with van der Waals surface area (Å²) in [5.41, 5.74) is 0.114. The van der Waals surface area contributed by atoms with E-state index >= 15 is 0 Å². The number of rotatable bonds is 22. The van der Waals surface area contributed by atoms with E-state index in [-0.39, 0.29) is 41.2 Å². The first-order valence-electron chi connectivity index (χ1n) is 16.0. The van der Waals surface area contributed by atoms with Crippen molar-refractivity contribution in [3.63, 3.8) is 0 Å². The Morgan fingerprint density at radius 1 is 1.02 bits per heavy atom. The van der Waals surface area contributed by atoms with Crippen LogP contribution in [0.25, 0.3) is 11.0 Å². The van der Waals surface area contributed by atoms with Crippen LogP contribution in [0.3, 0.4) is 0 Å². The standard InChI is InChI=1S/C28H43ClN6O14P2/c1-2-7-44-9-11-46-13-14-47-12-10-45-8-6-30-26(38)18-4-3-5-20(18)32-24-19-15-31-35(25(19)34-28(29)33-24)27-23(37)22(36)21(49-27)16-48-51(42,43)17-50(39,40)41/h1,15,18,20-23,27,36-37H,3-14,16-17H2,(H,30,38)(H,42,43)(H,32,33,34)(H2,39,40,41)/t18-,20-,21+,22+,23+,27+/m0/s1. The van der Waals surface area contributed by atoms with Crippen molar-refractivity contribution in [2.24, 2.45) is 5.92 Å². The van der Waals surface area contributed by atoms with Gasteiger partial charge in [0, 0.05) is 12.6 Å². The molecule has 20 nitrogen and oxygen atoms in total. The summed E-state index contributed by atoms with van der Waals surface area (Å²) in [5, 5.41) is 31.9. The second-order valence-electron chi connectivity index (χ2n) is 11.6. The number of halogens is 1. The van der Waals surface area contributed by atoms with E-state index in [1.54, 1.807) is 0 Å². The number of aliphatic hydroxyl groups excluding tert-OH is 2. The highest BCUT2D eigenvalue weighted by molar-refractivity contribution is 7.70. The summed E-state index contributed by atoms with van der Waals surface area (Å²) in [6.45, 7) is 2.51. The summed E-state index contributed by atoms with van der Waals surface area (Å²) in [4.78, 5) is 49.3. The monoisotopic (exact) mass is 784 g/mol. The van der Waals surface area contributed by atoms with Gasteiger partial charge in [-0.15, -0.1) is 6.42 Å². The predicted octanol–water partition coefficient (Wildman–Crippen LogP) is -0.167. The zero-order valence-electron chi connectivity index (χ0n) is 27.5. The molecule has 51 heavy (non-hydrogen) atoms. The first kappa shape index (κ1) is 41.4. The van der Waals surface area contributed by atoms with E-state index in [4.69, 9.17) is 56.0 Å². The third-order valence-electron chi connectivity index (χ3n) is 7.83. The van der Waals surface area contributed by atoms with E-state index in [1.807, 2.05) is 0 Å². The fourth-order valence-electron chi connectivity index (χ4n) is 5.52. The van der Waals surface area contributed by atoms with Crippen LogP contribution in [0.5, 0.6) is 0 Å². The molecule has 7 N–H and O–H groups in total. The number of hydrogen-bond donors (Lipinski definition) is 7. The zero-order valence-corrected chi connectivity index (χ0v) is 30.0. The molecular weight excluding hydrogens is 742 g/mol. The fourth-order valence-corrected chi connectivity index (χ4v) is 8.25. The zero-order chi connectivity index (χ0) is 37.0. The van der Waals surface area contributed by atoms with Gasteiger partial charge in [0.05, 0.1) is 70.4 Å². The normalized spacial score (nSPS) is 24.8. The quantitative estimate of drug-likeness (QED) is 0.0353. The number of terminal acetylenes is 1. The molecule has 2 aromatic heterocycles. The maximum absolute atomic E-state index is 13.1. The van der Waals surface area contributed by atoms with Gasteiger partial charge >= 0.3 is 15.2 Å². The van der Waals surface area contributed by atoms with E-state index in [1.165, 1.54) is 6.20 Å². The minimum Gasteiger partial charge on any atom is -0.387 e. The lowest BCUT2D eigenvalue weighted by Gasteiger charge is -2.21. The van der Waals surface area contributed by atoms with E-state index < -0.39 is 52.2 Å². The molecule has 1 aliphatic heterocycles. The van der Waals surface area contributed by atoms with Crippen LogP contribution in [-0.4, -0.2) is 147 Å². The SMILES string of the molecule is C#CCOCCOCCOCCOCCNC(=O)[C@H]1CCC[C@@H]1Nc1nc(Cl)nc2c1cnn2[C@@H]1O[C@H](COP(=O)(O)CP(=O)(O)O)[C@@H](O)[C@H]1O. The van der Waals surface area contributed by atoms with Crippen molar-refractivity contribution in [2.45, 2.75) is 49.8 Å². The molecule has 1 unspecified atom stereocenters. The minimum absolute atomic E-state index is 0.114. The summed E-state index contributed by atoms with van der Waals surface area (Å²) >= 11 is 6.25. The van der Waals surface area contributed by atoms with E-state index in [0.717, 1.165) is 11.1 Å². The summed E-state index contributed by atoms with van der Waals surface area (Å²) in [6, 6.07) is -0.304. The molecule has 1 aliphatic carbocycles. The number of fused-ring (bicyclic) bond motifs is 1. The van der Waals surface area contributed by atoms with Crippen LogP contribution in [0.4, 0.5) is 5.82 Å². The number of nitrogens with zero attached hydrogens (tertiary/aromatic N) is 4. The molecule has 7 atom stereocenters. The van der Waals surface area contributed by atoms with Gasteiger partial charge in [-0.1, -0.05) is 12.3 Å². The number of hydrogen-bond acceptors (Lipinski definition) is 15. The van der Waals surface area contributed by atoms with Crippen LogP contribution in [0, 0.1) is 18.3 Å². The number of anilines is 1. The second kappa shape index (κ2) is 19.7. The van der Waals surface area contributed by atoms with Crippen molar-refractivity contribution < 1.29 is 67.0 Å². The van der Waals surface area contributed by atoms with Crippen LogP contribution >= 0.6 is 26.8 Å². The van der Waals surface area contributed by atoms with Gasteiger partial charge in [0.15, 0.2) is 17.8 Å². The molecule has 1 amide bonds. The van der Waals surface area contributed by atoms with Crippen molar-refractivity contribution in [3.05, 3.63) is 11.5 Å². The molecule has 0 spiro atoms. The van der Waals surface area contributed by atoms with E-state index in [2.05, 4.69) is 31.6 Å². The molecule has 2 aromatic rings. The molecule has 0 aromatic carbocycles. The highest BCUT2D eigenvalue weighted by atomic mass is 35.5. The molecule has 4 rings (SSSR count). The second-order valence-corrected chi connectivity index (χ2v) is 16.0. The maximum atomic E-state index is 13.1. The first-order chi connectivity index (χ1) is 24.3. The number of amides is 1. The summed E-state index contributed by atoms with van der Waals surface area (Å²) < 4.78 is 56.2. The molecule has 0 bridgehead atoms. The fraction of sp³-hybridized carbons (Fsp3) is 0.714. The topological polar surface area (TPSA) is 275 Å². The van der Waals surface area contributed by atoms with Crippen molar-refractivity contribution in [1.29, 1.82) is 0 Å². The van der Waals surface area contributed by atoms with Crippen LogP contribution < -0.4 is 10.6 Å². The van der Waals surface area contributed by atoms with E-state index in [9.17, 15) is 29.0 Å². The van der Waals surface area contributed by atoms with Crippen molar-refractivity contribution >= 4 is 49.6 Å². The Hall–Kier alpha value is -2.31. The van der Waals surface area contributed by atoms with Crippen LogP contribution in [0.1, 0.15) is 25.5 Å². The predicted molar refractivity (Wildman–Crippen MR) is 179 cm³/mol. The molecule has 2 fully saturated rings. The van der Waals surface area contributed by atoms with Crippen molar-refractivity contribution in [2.75, 3.05) is 77.2 Å². The van der Waals surface area contributed by atoms with Gasteiger partial charge in [0.25, 0.3) is 0 Å². The minimum atomic E-state index is -4.88. The molecule has 3 heterocycles.